The van der Waals surface area contributed by atoms with Crippen molar-refractivity contribution in [2.24, 2.45) is 0 Å². The van der Waals surface area contributed by atoms with Gasteiger partial charge in [-0.3, -0.25) is 4.79 Å². The van der Waals surface area contributed by atoms with Crippen LogP contribution in [0.2, 0.25) is 0 Å². The number of carbonyl (C=O) groups is 1. The van der Waals surface area contributed by atoms with Crippen LogP contribution in [0.1, 0.15) is 26.2 Å². The lowest BCUT2D eigenvalue weighted by atomic mass is 9.80. The van der Waals surface area contributed by atoms with Crippen LogP contribution in [0, 0.1) is 0 Å². The molecule has 0 aliphatic heterocycles. The van der Waals surface area contributed by atoms with Gasteiger partial charge in [-0.15, -0.1) is 0 Å². The van der Waals surface area contributed by atoms with E-state index in [1.807, 2.05) is 0 Å². The second kappa shape index (κ2) is 4.75. The highest BCUT2D eigenvalue weighted by molar-refractivity contribution is 5.75. The van der Waals surface area contributed by atoms with Crippen LogP contribution in [0.15, 0.2) is 0 Å². The second-order valence-electron chi connectivity index (χ2n) is 3.87. The van der Waals surface area contributed by atoms with E-state index >= 15 is 0 Å². The van der Waals surface area contributed by atoms with Gasteiger partial charge in [-0.05, 0) is 26.2 Å². The van der Waals surface area contributed by atoms with Crippen LogP contribution >= 0.6 is 0 Å². The molecule has 1 N–H and O–H groups in total. The summed E-state index contributed by atoms with van der Waals surface area (Å²) in [6.45, 7) is 2.52. The third-order valence-electron chi connectivity index (χ3n) is 2.98. The summed E-state index contributed by atoms with van der Waals surface area (Å²) in [5, 5.41) is 3.13. The average Bonchev–Trinajstić information content (AvgIpc) is 2.15. The molecule has 1 aliphatic rings. The summed E-state index contributed by atoms with van der Waals surface area (Å²) in [7, 11) is 3.12. The molecule has 0 amide bonds. The van der Waals surface area contributed by atoms with Crippen LogP contribution in [0.5, 0.6) is 0 Å². The summed E-state index contributed by atoms with van der Waals surface area (Å²) in [4.78, 5) is 11.1. The summed E-state index contributed by atoms with van der Waals surface area (Å²) in [5.41, 5.74) is -0.0394. The molecule has 82 valence electrons. The lowest BCUT2D eigenvalue weighted by Gasteiger charge is -2.41. The Morgan fingerprint density at radius 3 is 2.50 bits per heavy atom. The first-order valence-corrected chi connectivity index (χ1v) is 5.00. The van der Waals surface area contributed by atoms with Crippen LogP contribution in [-0.2, 0) is 14.3 Å². The third kappa shape index (κ3) is 2.45. The van der Waals surface area contributed by atoms with Gasteiger partial charge in [-0.2, -0.15) is 0 Å². The largest absolute Gasteiger partial charge is 0.468 e. The molecule has 1 fully saturated rings. The van der Waals surface area contributed by atoms with Gasteiger partial charge >= 0.3 is 5.97 Å². The number of ether oxygens (including phenoxy) is 2. The van der Waals surface area contributed by atoms with Crippen LogP contribution in [0.4, 0.5) is 0 Å². The first-order valence-electron chi connectivity index (χ1n) is 5.00. The van der Waals surface area contributed by atoms with E-state index < -0.39 is 0 Å². The highest BCUT2D eigenvalue weighted by Gasteiger charge is 2.37. The zero-order valence-electron chi connectivity index (χ0n) is 9.13. The highest BCUT2D eigenvalue weighted by Crippen LogP contribution is 2.34. The summed E-state index contributed by atoms with van der Waals surface area (Å²) in [5.74, 6) is -0.226. The smallest absolute Gasteiger partial charge is 0.322 e. The van der Waals surface area contributed by atoms with Crippen molar-refractivity contribution in [3.05, 3.63) is 0 Å². The van der Waals surface area contributed by atoms with Crippen LogP contribution in [0.25, 0.3) is 0 Å². The van der Waals surface area contributed by atoms with Crippen molar-refractivity contribution in [3.63, 3.8) is 0 Å². The van der Waals surface area contributed by atoms with E-state index in [9.17, 15) is 4.79 Å². The minimum Gasteiger partial charge on any atom is -0.468 e. The van der Waals surface area contributed by atoms with Crippen LogP contribution in [0.3, 0.4) is 0 Å². The molecule has 0 heterocycles. The maximum Gasteiger partial charge on any atom is 0.322 e. The number of esters is 1. The average molecular weight is 201 g/mol. The Morgan fingerprint density at radius 2 is 2.14 bits per heavy atom. The van der Waals surface area contributed by atoms with Crippen molar-refractivity contribution >= 4 is 5.97 Å². The van der Waals surface area contributed by atoms with E-state index in [-0.39, 0.29) is 17.6 Å². The van der Waals surface area contributed by atoms with Gasteiger partial charge in [0.15, 0.2) is 0 Å². The quantitative estimate of drug-likeness (QED) is 0.665. The number of hydrogen-bond acceptors (Lipinski definition) is 4. The SMILES string of the molecule is COC(=O)C(C)NCC1(OC)CCC1. The van der Waals surface area contributed by atoms with Gasteiger partial charge in [0.1, 0.15) is 6.04 Å². The predicted octanol–water partition coefficient (Wildman–Crippen LogP) is 0.707. The van der Waals surface area contributed by atoms with Crippen molar-refractivity contribution in [2.45, 2.75) is 37.8 Å². The van der Waals surface area contributed by atoms with Gasteiger partial charge in [-0.1, -0.05) is 0 Å². The highest BCUT2D eigenvalue weighted by atomic mass is 16.5. The molecule has 14 heavy (non-hydrogen) atoms. The van der Waals surface area contributed by atoms with Crippen LogP contribution < -0.4 is 5.32 Å². The molecule has 4 nitrogen and oxygen atoms in total. The Morgan fingerprint density at radius 1 is 1.50 bits per heavy atom. The lowest BCUT2D eigenvalue weighted by Crippen LogP contribution is -2.51. The van der Waals surface area contributed by atoms with Crippen molar-refractivity contribution < 1.29 is 14.3 Å². The first-order chi connectivity index (χ1) is 6.63. The fraction of sp³-hybridized carbons (Fsp3) is 0.900. The number of rotatable bonds is 5. The standard InChI is InChI=1S/C10H19NO3/c1-8(9(12)13-2)11-7-10(14-3)5-4-6-10/h8,11H,4-7H2,1-3H3. The van der Waals surface area contributed by atoms with E-state index in [4.69, 9.17) is 4.74 Å². The Bertz CT molecular complexity index is 196. The lowest BCUT2D eigenvalue weighted by molar-refractivity contribution is -0.143. The van der Waals surface area contributed by atoms with Gasteiger partial charge in [-0.25, -0.2) is 0 Å². The van der Waals surface area contributed by atoms with E-state index in [0.717, 1.165) is 19.4 Å². The molecule has 0 aromatic rings. The summed E-state index contributed by atoms with van der Waals surface area (Å²) < 4.78 is 10.0. The molecule has 0 spiro atoms. The molecule has 1 atom stereocenters. The van der Waals surface area contributed by atoms with Gasteiger partial charge in [0, 0.05) is 13.7 Å². The molecule has 0 radical (unpaired) electrons. The molecular formula is C10H19NO3. The number of nitrogens with one attached hydrogen (secondary N) is 1. The van der Waals surface area contributed by atoms with Gasteiger partial charge in [0.05, 0.1) is 12.7 Å². The maximum atomic E-state index is 11.1. The van der Waals surface area contributed by atoms with E-state index in [1.54, 1.807) is 14.0 Å². The molecule has 1 saturated carbocycles. The van der Waals surface area contributed by atoms with Crippen molar-refractivity contribution in [3.8, 4) is 0 Å². The minimum atomic E-state index is -0.257. The molecule has 0 aromatic carbocycles. The normalized spacial score (nSPS) is 21.1. The first kappa shape index (κ1) is 11.5. The van der Waals surface area contributed by atoms with E-state index in [0.29, 0.717) is 0 Å². The summed E-state index contributed by atoms with van der Waals surface area (Å²) in [6.07, 6.45) is 3.36. The Labute approximate surface area is 85.0 Å². The Balaban J connectivity index is 2.28. The van der Waals surface area contributed by atoms with Gasteiger partial charge in [0.2, 0.25) is 0 Å². The molecule has 1 aliphatic carbocycles. The molecular weight excluding hydrogens is 182 g/mol. The Kier molecular flexibility index (Phi) is 3.89. The summed E-state index contributed by atoms with van der Waals surface area (Å²) in [6, 6.07) is -0.257. The predicted molar refractivity (Wildman–Crippen MR) is 53.1 cm³/mol. The molecule has 1 unspecified atom stereocenters. The fourth-order valence-corrected chi connectivity index (χ4v) is 1.62. The minimum absolute atomic E-state index is 0.0394. The topological polar surface area (TPSA) is 47.6 Å². The molecule has 1 rings (SSSR count). The number of methoxy groups -OCH3 is 2. The molecule has 4 heteroatoms. The maximum absolute atomic E-state index is 11.1. The number of hydrogen-bond donors (Lipinski definition) is 1. The van der Waals surface area contributed by atoms with Crippen molar-refractivity contribution in [2.75, 3.05) is 20.8 Å². The van der Waals surface area contributed by atoms with E-state index in [2.05, 4.69) is 10.1 Å². The Hall–Kier alpha value is -0.610. The van der Waals surface area contributed by atoms with Crippen molar-refractivity contribution in [1.29, 1.82) is 0 Å². The molecule has 0 aromatic heterocycles. The van der Waals surface area contributed by atoms with Gasteiger partial charge in [0.25, 0.3) is 0 Å². The zero-order valence-corrected chi connectivity index (χ0v) is 9.13. The van der Waals surface area contributed by atoms with E-state index in [1.165, 1.54) is 13.5 Å². The zero-order chi connectivity index (χ0) is 10.6. The van der Waals surface area contributed by atoms with Crippen molar-refractivity contribution in [1.82, 2.24) is 5.32 Å². The third-order valence-corrected chi connectivity index (χ3v) is 2.98. The second-order valence-corrected chi connectivity index (χ2v) is 3.87. The monoisotopic (exact) mass is 201 g/mol. The fourth-order valence-electron chi connectivity index (χ4n) is 1.62. The molecule has 0 saturated heterocycles. The number of carbonyl (C=O) groups excluding carboxylic acids is 1. The van der Waals surface area contributed by atoms with Crippen LogP contribution in [-0.4, -0.2) is 38.4 Å². The van der Waals surface area contributed by atoms with Gasteiger partial charge < -0.3 is 14.8 Å². The summed E-state index contributed by atoms with van der Waals surface area (Å²) >= 11 is 0. The molecule has 0 bridgehead atoms.